The Morgan fingerprint density at radius 3 is 2.53 bits per heavy atom. The summed E-state index contributed by atoms with van der Waals surface area (Å²) in [4.78, 5) is 13.4. The Labute approximate surface area is 197 Å². The molecule has 34 heavy (non-hydrogen) atoms. The van der Waals surface area contributed by atoms with Gasteiger partial charge in [-0.05, 0) is 61.6 Å². The van der Waals surface area contributed by atoms with E-state index in [2.05, 4.69) is 20.3 Å². The minimum Gasteiger partial charge on any atom is -0.353 e. The number of fused-ring (bicyclic) bond motifs is 1. The van der Waals surface area contributed by atoms with E-state index < -0.39 is 16.3 Å². The molecule has 0 radical (unpaired) electrons. The molecule has 2 aliphatic rings. The van der Waals surface area contributed by atoms with Crippen LogP contribution in [0.1, 0.15) is 47.1 Å². The summed E-state index contributed by atoms with van der Waals surface area (Å²) < 4.78 is 52.0. The predicted octanol–water partition coefficient (Wildman–Crippen LogP) is 5.29. The summed E-state index contributed by atoms with van der Waals surface area (Å²) in [5.41, 5.74) is 4.67. The molecule has 0 amide bonds. The zero-order chi connectivity index (χ0) is 24.0. The summed E-state index contributed by atoms with van der Waals surface area (Å²) in [5.74, 6) is 0.395. The van der Waals surface area contributed by atoms with Crippen molar-refractivity contribution in [3.05, 3.63) is 70.8 Å². The lowest BCUT2D eigenvalue weighted by atomic mass is 10.1. The highest BCUT2D eigenvalue weighted by molar-refractivity contribution is 7.90. The largest absolute Gasteiger partial charge is 0.353 e. The number of sulfone groups is 1. The molecule has 1 fully saturated rings. The minimum atomic E-state index is -3.53. The molecule has 6 nitrogen and oxygen atoms in total. The van der Waals surface area contributed by atoms with Gasteiger partial charge in [-0.3, -0.25) is 9.97 Å². The molecule has 1 aliphatic carbocycles. The number of alkyl halides is 2. The maximum absolute atomic E-state index is 13.4. The molecule has 3 aromatic rings. The van der Waals surface area contributed by atoms with E-state index in [0.717, 1.165) is 29.8 Å². The topological polar surface area (TPSA) is 84.3 Å². The molecule has 1 N–H and O–H groups in total. The van der Waals surface area contributed by atoms with E-state index in [-0.39, 0.29) is 17.0 Å². The van der Waals surface area contributed by atoms with Gasteiger partial charge in [-0.2, -0.15) is 0 Å². The van der Waals surface area contributed by atoms with Gasteiger partial charge in [0.15, 0.2) is 9.84 Å². The molecule has 0 saturated heterocycles. The van der Waals surface area contributed by atoms with Gasteiger partial charge in [0.25, 0.3) is 6.43 Å². The van der Waals surface area contributed by atoms with Gasteiger partial charge in [0.2, 0.25) is 0 Å². The van der Waals surface area contributed by atoms with Gasteiger partial charge < -0.3 is 5.32 Å². The molecule has 1 aromatic carbocycles. The second-order valence-corrected chi connectivity index (χ2v) is 10.9. The average molecular weight is 483 g/mol. The zero-order valence-corrected chi connectivity index (χ0v) is 19.7. The molecule has 0 unspecified atom stereocenters. The molecule has 0 spiro atoms. The molecule has 176 valence electrons. The summed E-state index contributed by atoms with van der Waals surface area (Å²) in [6.07, 6.45) is 0.949. The van der Waals surface area contributed by atoms with Crippen LogP contribution < -0.4 is 5.32 Å². The van der Waals surface area contributed by atoms with Crippen LogP contribution in [0.15, 0.2) is 52.4 Å². The van der Waals surface area contributed by atoms with E-state index in [1.54, 1.807) is 18.2 Å². The monoisotopic (exact) mass is 482 g/mol. The number of pyridine rings is 2. The number of aryl methyl sites for hydroxylation is 1. The van der Waals surface area contributed by atoms with Gasteiger partial charge in [0.1, 0.15) is 5.69 Å². The summed E-state index contributed by atoms with van der Waals surface area (Å²) in [5, 5.41) is 3.17. The van der Waals surface area contributed by atoms with Gasteiger partial charge >= 0.3 is 0 Å². The third-order valence-corrected chi connectivity index (χ3v) is 7.14. The van der Waals surface area contributed by atoms with Crippen molar-refractivity contribution >= 4 is 32.6 Å². The van der Waals surface area contributed by atoms with Crippen LogP contribution in [0.2, 0.25) is 0 Å². The van der Waals surface area contributed by atoms with Gasteiger partial charge in [0, 0.05) is 36.2 Å². The number of benzene rings is 1. The van der Waals surface area contributed by atoms with Crippen molar-refractivity contribution < 1.29 is 17.2 Å². The Morgan fingerprint density at radius 2 is 1.85 bits per heavy atom. The Balaban J connectivity index is 1.57. The highest BCUT2D eigenvalue weighted by Crippen LogP contribution is 2.43. The number of nitrogens with zero attached hydrogens (tertiary/aromatic N) is 3. The van der Waals surface area contributed by atoms with Crippen molar-refractivity contribution in [2.45, 2.75) is 49.8 Å². The lowest BCUT2D eigenvalue weighted by Crippen LogP contribution is -2.10. The smallest absolute Gasteiger partial charge is 0.277 e. The SMILES string of the molecule is Cc1cccc(Cc2cc(Nc3ccc(C4CC4)cc3S(C)(=O)=O)c3c(n2)CC(C(F)F)=N3)n1. The number of nitrogens with one attached hydrogen (secondary N) is 1. The highest BCUT2D eigenvalue weighted by Gasteiger charge is 2.28. The number of rotatable bonds is 7. The maximum Gasteiger partial charge on any atom is 0.277 e. The standard InChI is InChI=1S/C25H24F2N4O2S/c1-14-4-3-5-17(28-14)11-18-12-20(24-21(29-18)13-22(31-24)25(26)27)30-19-9-8-16(15-6-7-15)10-23(19)34(2,32)33/h3-5,8-10,12,15,25H,6-7,11,13H2,1-2H3,(H,29,30). The van der Waals surface area contributed by atoms with E-state index in [4.69, 9.17) is 0 Å². The first-order chi connectivity index (χ1) is 16.2. The van der Waals surface area contributed by atoms with Crippen LogP contribution in [0.4, 0.5) is 25.8 Å². The number of anilines is 2. The second kappa shape index (κ2) is 8.54. The molecular weight excluding hydrogens is 458 g/mol. The van der Waals surface area contributed by atoms with Crippen molar-refractivity contribution in [1.82, 2.24) is 9.97 Å². The lowest BCUT2D eigenvalue weighted by Gasteiger charge is -2.16. The summed E-state index contributed by atoms with van der Waals surface area (Å²) >= 11 is 0. The number of hydrogen-bond acceptors (Lipinski definition) is 6. The van der Waals surface area contributed by atoms with Crippen molar-refractivity contribution in [1.29, 1.82) is 0 Å². The first kappa shape index (κ1) is 22.6. The first-order valence-electron chi connectivity index (χ1n) is 11.1. The Hall–Kier alpha value is -3.20. The fourth-order valence-electron chi connectivity index (χ4n) is 4.21. The van der Waals surface area contributed by atoms with Crippen LogP contribution >= 0.6 is 0 Å². The zero-order valence-electron chi connectivity index (χ0n) is 18.8. The first-order valence-corrected chi connectivity index (χ1v) is 13.0. The summed E-state index contributed by atoms with van der Waals surface area (Å²) in [6.45, 7) is 1.90. The molecule has 0 bridgehead atoms. The Bertz CT molecular complexity index is 1420. The second-order valence-electron chi connectivity index (χ2n) is 8.91. The van der Waals surface area contributed by atoms with Crippen LogP contribution in [0.3, 0.4) is 0 Å². The third-order valence-electron chi connectivity index (χ3n) is 6.01. The van der Waals surface area contributed by atoms with Crippen molar-refractivity contribution in [2.75, 3.05) is 11.6 Å². The Morgan fingerprint density at radius 1 is 1.06 bits per heavy atom. The van der Waals surface area contributed by atoms with Crippen molar-refractivity contribution in [2.24, 2.45) is 4.99 Å². The highest BCUT2D eigenvalue weighted by atomic mass is 32.2. The molecule has 9 heteroatoms. The quantitative estimate of drug-likeness (QED) is 0.494. The summed E-state index contributed by atoms with van der Waals surface area (Å²) in [6, 6.07) is 12.8. The van der Waals surface area contributed by atoms with E-state index in [1.165, 1.54) is 6.26 Å². The van der Waals surface area contributed by atoms with E-state index in [0.29, 0.717) is 40.8 Å². The molecular formula is C25H24F2N4O2S. The van der Waals surface area contributed by atoms with Crippen molar-refractivity contribution in [3.8, 4) is 0 Å². The number of aromatic nitrogens is 2. The van der Waals surface area contributed by atoms with E-state index in [1.807, 2.05) is 31.2 Å². The van der Waals surface area contributed by atoms with Crippen LogP contribution in [0.5, 0.6) is 0 Å². The van der Waals surface area contributed by atoms with E-state index >= 15 is 0 Å². The number of hydrogen-bond donors (Lipinski definition) is 1. The maximum atomic E-state index is 13.4. The normalized spacial score (nSPS) is 15.4. The number of aliphatic imine (C=N–C) groups is 1. The molecule has 5 rings (SSSR count). The Kier molecular flexibility index (Phi) is 5.67. The molecule has 1 saturated carbocycles. The van der Waals surface area contributed by atoms with Crippen molar-refractivity contribution in [3.63, 3.8) is 0 Å². The van der Waals surface area contributed by atoms with Gasteiger partial charge in [-0.25, -0.2) is 22.2 Å². The molecule has 0 atom stereocenters. The van der Waals surface area contributed by atoms with Crippen LogP contribution in [-0.2, 0) is 22.7 Å². The molecule has 2 aromatic heterocycles. The van der Waals surface area contributed by atoms with E-state index in [9.17, 15) is 17.2 Å². The van der Waals surface area contributed by atoms with Gasteiger partial charge in [-0.1, -0.05) is 12.1 Å². The fraction of sp³-hybridized carbons (Fsp3) is 0.320. The van der Waals surface area contributed by atoms with Crippen LogP contribution in [0.25, 0.3) is 0 Å². The van der Waals surface area contributed by atoms with Gasteiger partial charge in [0.05, 0.1) is 27.7 Å². The molecule has 3 heterocycles. The fourth-order valence-corrected chi connectivity index (χ4v) is 5.08. The minimum absolute atomic E-state index is 0.0453. The number of halogens is 2. The summed E-state index contributed by atoms with van der Waals surface area (Å²) in [7, 11) is -3.53. The molecule has 1 aliphatic heterocycles. The average Bonchev–Trinajstić information content (AvgIpc) is 3.52. The van der Waals surface area contributed by atoms with Crippen LogP contribution in [-0.4, -0.2) is 36.8 Å². The van der Waals surface area contributed by atoms with Crippen LogP contribution in [0, 0.1) is 6.92 Å². The lowest BCUT2D eigenvalue weighted by molar-refractivity contribution is 0.224. The predicted molar refractivity (Wildman–Crippen MR) is 128 cm³/mol. The third kappa shape index (κ3) is 4.70. The van der Waals surface area contributed by atoms with Gasteiger partial charge in [-0.15, -0.1) is 0 Å².